The highest BCUT2D eigenvalue weighted by molar-refractivity contribution is 5.99. The molecule has 4 nitrogen and oxygen atoms in total. The molecule has 1 unspecified atom stereocenters. The Balaban J connectivity index is 1.92. The summed E-state index contributed by atoms with van der Waals surface area (Å²) in [5.74, 6) is -0.937. The fourth-order valence-electron chi connectivity index (χ4n) is 1.47. The molecule has 72 valence electrons. The van der Waals surface area contributed by atoms with Crippen molar-refractivity contribution in [2.45, 2.75) is 25.4 Å². The molecule has 1 saturated heterocycles. The molecule has 1 aliphatic carbocycles. The van der Waals surface area contributed by atoms with E-state index in [1.54, 1.807) is 11.9 Å². The van der Waals surface area contributed by atoms with Gasteiger partial charge >= 0.3 is 5.97 Å². The quantitative estimate of drug-likeness (QED) is 0.453. The van der Waals surface area contributed by atoms with Crippen LogP contribution in [0.25, 0.3) is 0 Å². The normalized spacial score (nSPS) is 27.9. The van der Waals surface area contributed by atoms with Gasteiger partial charge in [0.25, 0.3) is 0 Å². The van der Waals surface area contributed by atoms with Crippen LogP contribution in [0.5, 0.6) is 0 Å². The maximum absolute atomic E-state index is 11.4. The number of rotatable bonds is 2. The summed E-state index contributed by atoms with van der Waals surface area (Å²) in [6.45, 7) is 0.670. The molecular formula is C9H13NO3. The van der Waals surface area contributed by atoms with E-state index in [0.717, 1.165) is 12.8 Å². The lowest BCUT2D eigenvalue weighted by Crippen LogP contribution is -2.28. The molecule has 2 aliphatic rings. The van der Waals surface area contributed by atoms with Gasteiger partial charge in [0.05, 0.1) is 0 Å². The smallest absolute Gasteiger partial charge is 0.318 e. The van der Waals surface area contributed by atoms with E-state index in [1.807, 2.05) is 0 Å². The summed E-state index contributed by atoms with van der Waals surface area (Å²) in [5.41, 5.74) is 0. The number of likely N-dealkylation sites (tertiary alicyclic amines) is 1. The Kier molecular flexibility index (Phi) is 1.98. The first-order valence-electron chi connectivity index (χ1n) is 4.64. The average Bonchev–Trinajstić information content (AvgIpc) is 2.82. The second-order valence-corrected chi connectivity index (χ2v) is 3.74. The Labute approximate surface area is 76.8 Å². The lowest BCUT2D eigenvalue weighted by atomic mass is 10.1. The topological polar surface area (TPSA) is 46.6 Å². The lowest BCUT2D eigenvalue weighted by Gasteiger charge is -2.09. The minimum Gasteiger partial charge on any atom is -0.462 e. The average molecular weight is 183 g/mol. The predicted molar refractivity (Wildman–Crippen MR) is 44.9 cm³/mol. The van der Waals surface area contributed by atoms with E-state index in [4.69, 9.17) is 4.74 Å². The number of hydrogen-bond acceptors (Lipinski definition) is 3. The molecule has 0 N–H and O–H groups in total. The van der Waals surface area contributed by atoms with Gasteiger partial charge in [0.1, 0.15) is 12.0 Å². The van der Waals surface area contributed by atoms with Gasteiger partial charge in [-0.2, -0.15) is 0 Å². The zero-order chi connectivity index (χ0) is 9.42. The molecule has 0 spiro atoms. The van der Waals surface area contributed by atoms with E-state index in [1.165, 1.54) is 0 Å². The minimum atomic E-state index is -0.523. The highest BCUT2D eigenvalue weighted by atomic mass is 16.5. The fourth-order valence-corrected chi connectivity index (χ4v) is 1.47. The molecule has 1 atom stereocenters. The van der Waals surface area contributed by atoms with E-state index in [9.17, 15) is 9.59 Å². The van der Waals surface area contributed by atoms with E-state index < -0.39 is 5.92 Å². The molecule has 0 aromatic heterocycles. The molecule has 1 aliphatic heterocycles. The largest absolute Gasteiger partial charge is 0.462 e. The number of esters is 1. The zero-order valence-corrected chi connectivity index (χ0v) is 7.66. The molecule has 4 heteroatoms. The van der Waals surface area contributed by atoms with Crippen LogP contribution in [0.1, 0.15) is 19.3 Å². The summed E-state index contributed by atoms with van der Waals surface area (Å²) >= 11 is 0. The molecule has 0 aromatic rings. The standard InChI is InChI=1S/C9H13NO3/c1-10-5-4-7(8(10)11)9(12)13-6-2-3-6/h6-7H,2-5H2,1H3. The third kappa shape index (κ3) is 1.66. The van der Waals surface area contributed by atoms with Crippen LogP contribution >= 0.6 is 0 Å². The Morgan fingerprint density at radius 1 is 1.46 bits per heavy atom. The van der Waals surface area contributed by atoms with E-state index in [0.29, 0.717) is 13.0 Å². The van der Waals surface area contributed by atoms with Crippen LogP contribution in [-0.4, -0.2) is 36.5 Å². The fraction of sp³-hybridized carbons (Fsp3) is 0.778. The van der Waals surface area contributed by atoms with Crippen LogP contribution < -0.4 is 0 Å². The summed E-state index contributed by atoms with van der Waals surface area (Å²) in [4.78, 5) is 24.3. The maximum Gasteiger partial charge on any atom is 0.318 e. The van der Waals surface area contributed by atoms with E-state index in [2.05, 4.69) is 0 Å². The summed E-state index contributed by atoms with van der Waals surface area (Å²) in [7, 11) is 1.72. The van der Waals surface area contributed by atoms with Crippen LogP contribution in [0.2, 0.25) is 0 Å². The predicted octanol–water partition coefficient (Wildman–Crippen LogP) is 0.170. The number of carbonyl (C=O) groups excluding carboxylic acids is 2. The minimum absolute atomic E-state index is 0.0920. The molecule has 13 heavy (non-hydrogen) atoms. The molecule has 0 bridgehead atoms. The molecule has 1 heterocycles. The van der Waals surface area contributed by atoms with Crippen molar-refractivity contribution < 1.29 is 14.3 Å². The summed E-state index contributed by atoms with van der Waals surface area (Å²) in [5, 5.41) is 0. The summed E-state index contributed by atoms with van der Waals surface area (Å²) < 4.78 is 5.08. The first-order chi connectivity index (χ1) is 6.18. The Morgan fingerprint density at radius 2 is 2.15 bits per heavy atom. The highest BCUT2D eigenvalue weighted by Gasteiger charge is 2.38. The molecule has 0 aromatic carbocycles. The number of carbonyl (C=O) groups is 2. The third-order valence-corrected chi connectivity index (χ3v) is 2.52. The van der Waals surface area contributed by atoms with E-state index in [-0.39, 0.29) is 18.0 Å². The number of nitrogens with zero attached hydrogens (tertiary/aromatic N) is 1. The van der Waals surface area contributed by atoms with Crippen molar-refractivity contribution >= 4 is 11.9 Å². The number of ether oxygens (including phenoxy) is 1. The van der Waals surface area contributed by atoms with Gasteiger partial charge in [0.15, 0.2) is 0 Å². The number of amides is 1. The van der Waals surface area contributed by atoms with Crippen molar-refractivity contribution in [3.05, 3.63) is 0 Å². The SMILES string of the molecule is CN1CCC(C(=O)OC2CC2)C1=O. The molecule has 2 rings (SSSR count). The van der Waals surface area contributed by atoms with Crippen molar-refractivity contribution in [1.82, 2.24) is 4.90 Å². The molecular weight excluding hydrogens is 170 g/mol. The van der Waals surface area contributed by atoms with Crippen molar-refractivity contribution in [2.75, 3.05) is 13.6 Å². The second-order valence-electron chi connectivity index (χ2n) is 3.74. The third-order valence-electron chi connectivity index (χ3n) is 2.52. The van der Waals surface area contributed by atoms with Crippen LogP contribution in [0.4, 0.5) is 0 Å². The van der Waals surface area contributed by atoms with Gasteiger partial charge in [-0.3, -0.25) is 9.59 Å². The Morgan fingerprint density at radius 3 is 2.62 bits per heavy atom. The lowest BCUT2D eigenvalue weighted by molar-refractivity contribution is -0.153. The van der Waals surface area contributed by atoms with Crippen molar-refractivity contribution in [3.63, 3.8) is 0 Å². The second kappa shape index (κ2) is 3.01. The summed E-state index contributed by atoms with van der Waals surface area (Å²) in [6.07, 6.45) is 2.64. The van der Waals surface area contributed by atoms with Crippen molar-refractivity contribution in [3.8, 4) is 0 Å². The van der Waals surface area contributed by atoms with Crippen molar-refractivity contribution in [1.29, 1.82) is 0 Å². The molecule has 2 fully saturated rings. The Bertz CT molecular complexity index is 247. The van der Waals surface area contributed by atoms with Gasteiger partial charge in [-0.25, -0.2) is 0 Å². The molecule has 0 radical (unpaired) electrons. The van der Waals surface area contributed by atoms with Gasteiger partial charge in [0.2, 0.25) is 5.91 Å². The van der Waals surface area contributed by atoms with Gasteiger partial charge in [0, 0.05) is 13.6 Å². The molecule has 1 saturated carbocycles. The maximum atomic E-state index is 11.4. The van der Waals surface area contributed by atoms with Gasteiger partial charge < -0.3 is 9.64 Å². The van der Waals surface area contributed by atoms with Crippen LogP contribution in [0.15, 0.2) is 0 Å². The van der Waals surface area contributed by atoms with Crippen LogP contribution in [0, 0.1) is 5.92 Å². The Hall–Kier alpha value is -1.06. The summed E-state index contributed by atoms with van der Waals surface area (Å²) in [6, 6.07) is 0. The first kappa shape index (κ1) is 8.53. The zero-order valence-electron chi connectivity index (χ0n) is 7.66. The first-order valence-corrected chi connectivity index (χ1v) is 4.64. The van der Waals surface area contributed by atoms with Crippen LogP contribution in [-0.2, 0) is 14.3 Å². The molecule has 1 amide bonds. The van der Waals surface area contributed by atoms with Gasteiger partial charge in [-0.15, -0.1) is 0 Å². The van der Waals surface area contributed by atoms with Gasteiger partial charge in [-0.05, 0) is 19.3 Å². The van der Waals surface area contributed by atoms with Gasteiger partial charge in [-0.1, -0.05) is 0 Å². The van der Waals surface area contributed by atoms with Crippen LogP contribution in [0.3, 0.4) is 0 Å². The van der Waals surface area contributed by atoms with Crippen molar-refractivity contribution in [2.24, 2.45) is 5.92 Å². The monoisotopic (exact) mass is 183 g/mol. The van der Waals surface area contributed by atoms with E-state index >= 15 is 0 Å². The highest BCUT2D eigenvalue weighted by Crippen LogP contribution is 2.27. The number of hydrogen-bond donors (Lipinski definition) is 0.